The quantitative estimate of drug-likeness (QED) is 0.831. The van der Waals surface area contributed by atoms with E-state index in [0.29, 0.717) is 5.56 Å². The van der Waals surface area contributed by atoms with Crippen molar-refractivity contribution in [3.63, 3.8) is 0 Å². The fourth-order valence-electron chi connectivity index (χ4n) is 2.39. The predicted octanol–water partition coefficient (Wildman–Crippen LogP) is 3.39. The summed E-state index contributed by atoms with van der Waals surface area (Å²) in [6.45, 7) is 5.44. The lowest BCUT2D eigenvalue weighted by Gasteiger charge is -2.31. The summed E-state index contributed by atoms with van der Waals surface area (Å²) in [5, 5.41) is 10.6. The molecule has 2 aromatic rings. The topological polar surface area (TPSA) is 54.4 Å². The highest BCUT2D eigenvalue weighted by atomic mass is 32.2. The van der Waals surface area contributed by atoms with Gasteiger partial charge in [0.15, 0.2) is 9.84 Å². The summed E-state index contributed by atoms with van der Waals surface area (Å²) in [4.78, 5) is 0.253. The summed E-state index contributed by atoms with van der Waals surface area (Å²) in [5.41, 5.74) is -0.302. The zero-order chi connectivity index (χ0) is 16.2. The molecule has 0 heterocycles. The molecule has 2 rings (SSSR count). The molecule has 0 bridgehead atoms. The summed E-state index contributed by atoms with van der Waals surface area (Å²) >= 11 is 0. The van der Waals surface area contributed by atoms with E-state index in [-0.39, 0.29) is 10.6 Å². The van der Waals surface area contributed by atoms with Gasteiger partial charge >= 0.3 is 0 Å². The average molecular weight is 316 g/mol. The minimum atomic E-state index is -3.51. The second-order valence-electron chi connectivity index (χ2n) is 5.60. The van der Waals surface area contributed by atoms with Gasteiger partial charge in [0, 0.05) is 5.41 Å². The van der Waals surface area contributed by atoms with E-state index in [4.69, 9.17) is 0 Å². The van der Waals surface area contributed by atoms with Crippen LogP contribution in [-0.2, 0) is 9.84 Å². The van der Waals surface area contributed by atoms with Gasteiger partial charge in [-0.1, -0.05) is 61.5 Å². The maximum atomic E-state index is 12.6. The van der Waals surface area contributed by atoms with E-state index < -0.39 is 21.4 Å². The van der Waals surface area contributed by atoms with Gasteiger partial charge in [0.05, 0.1) is 16.8 Å². The Bertz CT molecular complexity index is 723. The van der Waals surface area contributed by atoms with Crippen molar-refractivity contribution in [3.8, 4) is 0 Å². The minimum Gasteiger partial charge on any atom is -0.387 e. The number of rotatable bonds is 6. The van der Waals surface area contributed by atoms with Crippen molar-refractivity contribution in [1.82, 2.24) is 0 Å². The molecule has 116 valence electrons. The fraction of sp³-hybridized carbons (Fsp3) is 0.222. The predicted molar refractivity (Wildman–Crippen MR) is 88.2 cm³/mol. The first kappa shape index (κ1) is 16.5. The molecule has 0 aliphatic rings. The van der Waals surface area contributed by atoms with Gasteiger partial charge in [0.2, 0.25) is 0 Å². The lowest BCUT2D eigenvalue weighted by atomic mass is 9.82. The van der Waals surface area contributed by atoms with Crippen LogP contribution in [0.4, 0.5) is 0 Å². The van der Waals surface area contributed by atoms with Crippen molar-refractivity contribution in [2.24, 2.45) is 5.41 Å². The van der Waals surface area contributed by atoms with Crippen molar-refractivity contribution in [2.45, 2.75) is 17.9 Å². The first-order valence-corrected chi connectivity index (χ1v) is 8.69. The summed E-state index contributed by atoms with van der Waals surface area (Å²) < 4.78 is 25.2. The molecule has 0 amide bonds. The zero-order valence-electron chi connectivity index (χ0n) is 12.5. The third-order valence-corrected chi connectivity index (χ3v) is 5.80. The van der Waals surface area contributed by atoms with Crippen molar-refractivity contribution >= 4 is 9.84 Å². The highest BCUT2D eigenvalue weighted by Gasteiger charge is 2.36. The van der Waals surface area contributed by atoms with Gasteiger partial charge in [-0.05, 0) is 17.7 Å². The van der Waals surface area contributed by atoms with Crippen LogP contribution in [-0.4, -0.2) is 19.3 Å². The highest BCUT2D eigenvalue weighted by molar-refractivity contribution is 7.91. The van der Waals surface area contributed by atoms with Crippen molar-refractivity contribution < 1.29 is 13.5 Å². The maximum Gasteiger partial charge on any atom is 0.179 e. The van der Waals surface area contributed by atoms with Crippen LogP contribution in [0.15, 0.2) is 78.2 Å². The molecule has 2 atom stereocenters. The first-order valence-electron chi connectivity index (χ1n) is 7.03. The molecule has 0 saturated heterocycles. The van der Waals surface area contributed by atoms with E-state index in [1.807, 2.05) is 18.2 Å². The van der Waals surface area contributed by atoms with Gasteiger partial charge in [0.25, 0.3) is 0 Å². The molecule has 0 unspecified atom stereocenters. The van der Waals surface area contributed by atoms with Gasteiger partial charge < -0.3 is 5.11 Å². The van der Waals surface area contributed by atoms with E-state index in [9.17, 15) is 13.5 Å². The molecule has 0 saturated carbocycles. The molecular weight excluding hydrogens is 296 g/mol. The molecule has 0 spiro atoms. The van der Waals surface area contributed by atoms with E-state index in [0.717, 1.165) is 0 Å². The Hall–Kier alpha value is -1.91. The van der Waals surface area contributed by atoms with Crippen LogP contribution in [0.5, 0.6) is 0 Å². The smallest absolute Gasteiger partial charge is 0.179 e. The van der Waals surface area contributed by atoms with Gasteiger partial charge in [-0.15, -0.1) is 6.58 Å². The maximum absolute atomic E-state index is 12.6. The first-order chi connectivity index (χ1) is 10.4. The van der Waals surface area contributed by atoms with E-state index in [2.05, 4.69) is 6.58 Å². The molecule has 0 aliphatic carbocycles. The molecule has 22 heavy (non-hydrogen) atoms. The number of aliphatic hydroxyl groups is 1. The third-order valence-electron chi connectivity index (χ3n) is 3.81. The number of benzene rings is 2. The lowest BCUT2D eigenvalue weighted by molar-refractivity contribution is 0.0840. The number of hydrogen-bond donors (Lipinski definition) is 1. The van der Waals surface area contributed by atoms with Gasteiger partial charge in [-0.25, -0.2) is 8.42 Å². The highest BCUT2D eigenvalue weighted by Crippen LogP contribution is 2.37. The molecule has 0 aliphatic heterocycles. The molecule has 1 N–H and O–H groups in total. The van der Waals surface area contributed by atoms with E-state index in [1.54, 1.807) is 49.4 Å². The summed E-state index contributed by atoms with van der Waals surface area (Å²) in [7, 11) is -3.51. The third kappa shape index (κ3) is 3.46. The van der Waals surface area contributed by atoms with Crippen molar-refractivity contribution in [2.75, 3.05) is 5.75 Å². The summed E-state index contributed by atoms with van der Waals surface area (Å²) in [6, 6.07) is 17.3. The lowest BCUT2D eigenvalue weighted by Crippen LogP contribution is -2.31. The largest absolute Gasteiger partial charge is 0.387 e. The Labute approximate surface area is 131 Å². The zero-order valence-corrected chi connectivity index (χ0v) is 13.3. The Morgan fingerprint density at radius 3 is 2.09 bits per heavy atom. The Balaban J connectivity index is 2.33. The molecule has 2 aromatic carbocycles. The number of aliphatic hydroxyl groups excluding tert-OH is 1. The molecule has 3 nitrogen and oxygen atoms in total. The number of hydrogen-bond acceptors (Lipinski definition) is 3. The van der Waals surface area contributed by atoms with Crippen LogP contribution < -0.4 is 0 Å². The molecule has 4 heteroatoms. The van der Waals surface area contributed by atoms with Crippen LogP contribution in [0.25, 0.3) is 0 Å². The van der Waals surface area contributed by atoms with Crippen LogP contribution in [0.2, 0.25) is 0 Å². The molecule has 0 fully saturated rings. The Morgan fingerprint density at radius 2 is 1.59 bits per heavy atom. The van der Waals surface area contributed by atoms with E-state index in [1.165, 1.54) is 6.08 Å². The monoisotopic (exact) mass is 316 g/mol. The summed E-state index contributed by atoms with van der Waals surface area (Å²) in [5.74, 6) is -0.205. The summed E-state index contributed by atoms with van der Waals surface area (Å²) in [6.07, 6.45) is 0.579. The molecule has 0 aromatic heterocycles. The van der Waals surface area contributed by atoms with Gasteiger partial charge in [-0.3, -0.25) is 0 Å². The van der Waals surface area contributed by atoms with Crippen LogP contribution in [0.1, 0.15) is 18.6 Å². The van der Waals surface area contributed by atoms with Crippen LogP contribution in [0.3, 0.4) is 0 Å². The van der Waals surface area contributed by atoms with E-state index >= 15 is 0 Å². The standard InChI is InChI=1S/C18H20O3S/c1-3-18(2,17(19)15-10-6-4-7-11-15)14-22(20,21)16-12-8-5-9-13-16/h3-13,17,19H,1,14H2,2H3/t17-,18+/m1/s1. The van der Waals surface area contributed by atoms with Crippen molar-refractivity contribution in [1.29, 1.82) is 0 Å². The molecule has 0 radical (unpaired) electrons. The second-order valence-corrected chi connectivity index (χ2v) is 7.58. The Morgan fingerprint density at radius 1 is 1.09 bits per heavy atom. The van der Waals surface area contributed by atoms with Gasteiger partial charge in [-0.2, -0.15) is 0 Å². The van der Waals surface area contributed by atoms with Crippen molar-refractivity contribution in [3.05, 3.63) is 78.9 Å². The van der Waals surface area contributed by atoms with Crippen LogP contribution in [0, 0.1) is 5.41 Å². The number of sulfone groups is 1. The fourth-order valence-corrected chi connectivity index (χ4v) is 4.22. The second kappa shape index (κ2) is 6.46. The van der Waals surface area contributed by atoms with Crippen LogP contribution >= 0.6 is 0 Å². The molecular formula is C18H20O3S. The Kier molecular flexibility index (Phi) is 4.84. The van der Waals surface area contributed by atoms with Gasteiger partial charge in [0.1, 0.15) is 0 Å². The SMILES string of the molecule is C=C[C@@](C)(CS(=O)(=O)c1ccccc1)[C@H](O)c1ccccc1. The average Bonchev–Trinajstić information content (AvgIpc) is 2.55. The normalized spacial score (nSPS) is 15.7. The minimum absolute atomic E-state index is 0.205.